The van der Waals surface area contributed by atoms with E-state index in [1.807, 2.05) is 18.4 Å². The molecule has 1 heterocycles. The number of benzene rings is 1. The van der Waals surface area contributed by atoms with Gasteiger partial charge in [0.05, 0.1) is 5.56 Å². The number of nitrogens with zero attached hydrogens (tertiary/aromatic N) is 1. The second kappa shape index (κ2) is 4.89. The zero-order chi connectivity index (χ0) is 14.2. The van der Waals surface area contributed by atoms with E-state index in [1.165, 1.54) is 6.07 Å². The number of rotatable bonds is 3. The average Bonchev–Trinajstić information content (AvgIpc) is 2.65. The van der Waals surface area contributed by atoms with Crippen LogP contribution in [0.4, 0.5) is 13.2 Å². The minimum atomic E-state index is -4.32. The largest absolute Gasteiger partial charge is 0.417 e. The van der Waals surface area contributed by atoms with E-state index in [9.17, 15) is 13.2 Å². The van der Waals surface area contributed by atoms with E-state index < -0.39 is 11.7 Å². The molecule has 0 radical (unpaired) electrons. The van der Waals surface area contributed by atoms with Crippen molar-refractivity contribution in [1.82, 2.24) is 9.88 Å². The van der Waals surface area contributed by atoms with E-state index in [2.05, 4.69) is 5.32 Å². The average molecular weight is 270 g/mol. The van der Waals surface area contributed by atoms with Gasteiger partial charge >= 0.3 is 6.18 Å². The molecule has 19 heavy (non-hydrogen) atoms. The summed E-state index contributed by atoms with van der Waals surface area (Å²) in [6, 6.07) is 6.09. The van der Waals surface area contributed by atoms with Crippen LogP contribution in [0.1, 0.15) is 31.1 Å². The quantitative estimate of drug-likeness (QED) is 0.893. The molecule has 1 aromatic heterocycles. The predicted octanol–water partition coefficient (Wildman–Crippen LogP) is 3.96. The van der Waals surface area contributed by atoms with E-state index in [0.29, 0.717) is 12.1 Å². The van der Waals surface area contributed by atoms with Gasteiger partial charge in [-0.15, -0.1) is 0 Å². The number of nitrogens with one attached hydrogen (secondary N) is 1. The van der Waals surface area contributed by atoms with Crippen LogP contribution in [-0.2, 0) is 12.7 Å². The predicted molar refractivity (Wildman–Crippen MR) is 70.1 cm³/mol. The van der Waals surface area contributed by atoms with Gasteiger partial charge in [0.2, 0.25) is 0 Å². The summed E-state index contributed by atoms with van der Waals surface area (Å²) in [6.07, 6.45) is -4.32. The Bertz CT molecular complexity index is 582. The van der Waals surface area contributed by atoms with Crippen LogP contribution < -0.4 is 5.32 Å². The van der Waals surface area contributed by atoms with Crippen LogP contribution in [0.2, 0.25) is 0 Å². The Hall–Kier alpha value is -1.49. The normalized spacial score (nSPS) is 12.6. The highest BCUT2D eigenvalue weighted by atomic mass is 19.4. The second-order valence-electron chi connectivity index (χ2n) is 4.87. The minimum Gasteiger partial charge on any atom is -0.341 e. The Balaban J connectivity index is 2.75. The molecule has 0 spiro atoms. The lowest BCUT2D eigenvalue weighted by Crippen LogP contribution is -2.12. The Morgan fingerprint density at radius 3 is 2.47 bits per heavy atom. The van der Waals surface area contributed by atoms with Gasteiger partial charge in [-0.2, -0.15) is 13.2 Å². The van der Waals surface area contributed by atoms with Gasteiger partial charge in [-0.05, 0) is 39.1 Å². The molecule has 0 unspecified atom stereocenters. The van der Waals surface area contributed by atoms with Crippen molar-refractivity contribution in [3.63, 3.8) is 0 Å². The maximum Gasteiger partial charge on any atom is 0.417 e. The van der Waals surface area contributed by atoms with Gasteiger partial charge in [-0.1, -0.05) is 6.07 Å². The molecule has 0 saturated heterocycles. The first-order valence-electron chi connectivity index (χ1n) is 6.21. The van der Waals surface area contributed by atoms with E-state index in [-0.39, 0.29) is 11.4 Å². The molecule has 5 heteroatoms. The number of fused-ring (bicyclic) bond motifs is 1. The first-order chi connectivity index (χ1) is 8.86. The fraction of sp³-hybridized carbons (Fsp3) is 0.429. The number of halogens is 3. The summed E-state index contributed by atoms with van der Waals surface area (Å²) in [5.74, 6) is 0. The van der Waals surface area contributed by atoms with Crippen LogP contribution in [0.25, 0.3) is 10.9 Å². The van der Waals surface area contributed by atoms with Crippen molar-refractivity contribution in [2.45, 2.75) is 32.6 Å². The third-order valence-electron chi connectivity index (χ3n) is 3.14. The monoisotopic (exact) mass is 270 g/mol. The summed E-state index contributed by atoms with van der Waals surface area (Å²) in [4.78, 5) is 0. The van der Waals surface area contributed by atoms with E-state index in [1.54, 1.807) is 19.2 Å². The molecule has 0 aliphatic heterocycles. The standard InChI is InChI=1S/C14H17F3N2/c1-9(2)19-10(8-18-3)7-11-12(14(15,16)17)5-4-6-13(11)19/h4-7,9,18H,8H2,1-3H3. The van der Waals surface area contributed by atoms with Crippen molar-refractivity contribution in [2.75, 3.05) is 7.05 Å². The molecule has 1 aromatic carbocycles. The van der Waals surface area contributed by atoms with Crippen molar-refractivity contribution in [3.05, 3.63) is 35.5 Å². The lowest BCUT2D eigenvalue weighted by atomic mass is 10.1. The highest BCUT2D eigenvalue weighted by Crippen LogP contribution is 2.36. The fourth-order valence-electron chi connectivity index (χ4n) is 2.48. The first kappa shape index (κ1) is 13.9. The van der Waals surface area contributed by atoms with Crippen LogP contribution in [-0.4, -0.2) is 11.6 Å². The molecule has 0 saturated carbocycles. The maximum atomic E-state index is 13.0. The van der Waals surface area contributed by atoms with Crippen LogP contribution in [0, 0.1) is 0 Å². The Labute approximate surface area is 110 Å². The molecular formula is C14H17F3N2. The Morgan fingerprint density at radius 1 is 1.26 bits per heavy atom. The van der Waals surface area contributed by atoms with E-state index in [0.717, 1.165) is 11.8 Å². The van der Waals surface area contributed by atoms with Gasteiger partial charge in [0, 0.05) is 29.2 Å². The fourth-order valence-corrected chi connectivity index (χ4v) is 2.48. The highest BCUT2D eigenvalue weighted by molar-refractivity contribution is 5.85. The lowest BCUT2D eigenvalue weighted by Gasteiger charge is -2.15. The van der Waals surface area contributed by atoms with Gasteiger partial charge in [0.1, 0.15) is 0 Å². The van der Waals surface area contributed by atoms with Crippen LogP contribution >= 0.6 is 0 Å². The zero-order valence-corrected chi connectivity index (χ0v) is 11.2. The Morgan fingerprint density at radius 2 is 1.95 bits per heavy atom. The molecule has 0 atom stereocenters. The van der Waals surface area contributed by atoms with Crippen molar-refractivity contribution < 1.29 is 13.2 Å². The van der Waals surface area contributed by atoms with Crippen LogP contribution in [0.3, 0.4) is 0 Å². The molecule has 0 aliphatic rings. The number of hydrogen-bond donors (Lipinski definition) is 1. The van der Waals surface area contributed by atoms with Gasteiger partial charge in [-0.25, -0.2) is 0 Å². The molecule has 0 bridgehead atoms. The van der Waals surface area contributed by atoms with E-state index in [4.69, 9.17) is 0 Å². The summed E-state index contributed by atoms with van der Waals surface area (Å²) in [7, 11) is 1.78. The van der Waals surface area contributed by atoms with Crippen molar-refractivity contribution >= 4 is 10.9 Å². The topological polar surface area (TPSA) is 17.0 Å². The molecule has 0 fully saturated rings. The molecule has 2 nitrogen and oxygen atoms in total. The summed E-state index contributed by atoms with van der Waals surface area (Å²) < 4.78 is 41.0. The minimum absolute atomic E-state index is 0.115. The van der Waals surface area contributed by atoms with Crippen molar-refractivity contribution in [1.29, 1.82) is 0 Å². The number of aromatic nitrogens is 1. The second-order valence-corrected chi connectivity index (χ2v) is 4.87. The molecular weight excluding hydrogens is 253 g/mol. The van der Waals surface area contributed by atoms with E-state index >= 15 is 0 Å². The first-order valence-corrected chi connectivity index (χ1v) is 6.21. The lowest BCUT2D eigenvalue weighted by molar-refractivity contribution is -0.136. The SMILES string of the molecule is CNCc1cc2c(C(F)(F)F)cccc2n1C(C)C. The van der Waals surface area contributed by atoms with Crippen LogP contribution in [0.5, 0.6) is 0 Å². The number of alkyl halides is 3. The highest BCUT2D eigenvalue weighted by Gasteiger charge is 2.33. The third kappa shape index (κ3) is 2.47. The molecule has 1 N–H and O–H groups in total. The summed E-state index contributed by atoms with van der Waals surface area (Å²) >= 11 is 0. The summed E-state index contributed by atoms with van der Waals surface area (Å²) in [6.45, 7) is 4.49. The summed E-state index contributed by atoms with van der Waals surface area (Å²) in [5, 5.41) is 3.27. The van der Waals surface area contributed by atoms with Gasteiger partial charge < -0.3 is 9.88 Å². The molecule has 2 rings (SSSR count). The zero-order valence-electron chi connectivity index (χ0n) is 11.2. The Kier molecular flexibility index (Phi) is 3.58. The molecule has 0 amide bonds. The van der Waals surface area contributed by atoms with Gasteiger partial charge in [0.15, 0.2) is 0 Å². The van der Waals surface area contributed by atoms with Crippen molar-refractivity contribution in [2.24, 2.45) is 0 Å². The molecule has 104 valence electrons. The maximum absolute atomic E-state index is 13.0. The smallest absolute Gasteiger partial charge is 0.341 e. The molecule has 2 aromatic rings. The van der Waals surface area contributed by atoms with Crippen molar-refractivity contribution in [3.8, 4) is 0 Å². The van der Waals surface area contributed by atoms with Crippen LogP contribution in [0.15, 0.2) is 24.3 Å². The number of hydrogen-bond acceptors (Lipinski definition) is 1. The third-order valence-corrected chi connectivity index (χ3v) is 3.14. The van der Waals surface area contributed by atoms with Gasteiger partial charge in [0.25, 0.3) is 0 Å². The molecule has 0 aliphatic carbocycles. The van der Waals surface area contributed by atoms with Gasteiger partial charge in [-0.3, -0.25) is 0 Å². The summed E-state index contributed by atoms with van der Waals surface area (Å²) in [5.41, 5.74) is 0.932.